The van der Waals surface area contributed by atoms with Gasteiger partial charge in [0.1, 0.15) is 0 Å². The Morgan fingerprint density at radius 2 is 0.600 bits per heavy atom. The Balaban J connectivity index is -0.00000000571. The first-order valence-corrected chi connectivity index (χ1v) is 2.00. The van der Waals surface area contributed by atoms with Gasteiger partial charge in [0.25, 0.3) is 0 Å². The molecule has 0 saturated carbocycles. The third-order valence-electron chi connectivity index (χ3n) is 0. The van der Waals surface area contributed by atoms with Crippen LogP contribution in [0.3, 0.4) is 0 Å². The van der Waals surface area contributed by atoms with Gasteiger partial charge in [0, 0.05) is 0 Å². The van der Waals surface area contributed by atoms with Crippen LogP contribution >= 0.6 is 0 Å². The molecule has 0 unspecified atom stereocenters. The molecule has 0 aliphatic rings. The van der Waals surface area contributed by atoms with Crippen molar-refractivity contribution in [1.29, 1.82) is 0 Å². The molecule has 10 heavy (non-hydrogen) atoms. The van der Waals surface area contributed by atoms with Crippen molar-refractivity contribution in [1.82, 2.24) is 0 Å². The summed E-state index contributed by atoms with van der Waals surface area (Å²) in [5, 5.41) is 0. The predicted molar refractivity (Wildman–Crippen MR) is 41.6 cm³/mol. The first-order valence-electron chi connectivity index (χ1n) is 0.667. The van der Waals surface area contributed by atoms with Gasteiger partial charge in [-0.1, -0.05) is 22.3 Å². The van der Waals surface area contributed by atoms with Gasteiger partial charge in [0.05, 0.1) is 0 Å². The molecule has 0 bridgehead atoms. The fourth-order valence-electron chi connectivity index (χ4n) is 0. The second kappa shape index (κ2) is 194. The maximum Gasteiger partial charge on any atom is 0.335 e. The molecule has 0 saturated heterocycles. The zero-order valence-electron chi connectivity index (χ0n) is 2.95. The largest absolute Gasteiger partial charge is 0.412 e. The molecule has 7 heteroatoms. The van der Waals surface area contributed by atoms with E-state index in [0.29, 0.717) is 0 Å². The van der Waals surface area contributed by atoms with Gasteiger partial charge in [-0.25, -0.2) is 0 Å². The highest BCUT2D eigenvalue weighted by Gasteiger charge is 1.12. The fraction of sp³-hybridized carbons (Fsp3) is 1.00. The van der Waals surface area contributed by atoms with Crippen LogP contribution in [0.25, 0.3) is 0 Å². The highest BCUT2D eigenvalue weighted by molar-refractivity contribution is 7.51. The van der Waals surface area contributed by atoms with Crippen LogP contribution in [0.1, 0.15) is 22.3 Å². The first-order chi connectivity index (χ1) is 2.83. The molecule has 0 aliphatic heterocycles. The molecule has 0 fully saturated rings. The van der Waals surface area contributed by atoms with Gasteiger partial charge in [0.2, 0.25) is 0 Å². The van der Waals surface area contributed by atoms with Crippen molar-refractivity contribution in [2.75, 3.05) is 0 Å². The molecular formula is C3H14O5S2. The lowest BCUT2D eigenvalue weighted by Gasteiger charge is -0.947. The summed E-state index contributed by atoms with van der Waals surface area (Å²) in [5.74, 6) is 0. The van der Waals surface area contributed by atoms with Crippen molar-refractivity contribution in [3.8, 4) is 0 Å². The zero-order chi connectivity index (χ0) is 5.41. The summed E-state index contributed by atoms with van der Waals surface area (Å²) >= 11 is -1.50. The van der Waals surface area contributed by atoms with Gasteiger partial charge in [-0.3, -0.25) is 0 Å². The number of hydrogen-bond donors (Lipinski definition) is 0. The Morgan fingerprint density at radius 3 is 0.600 bits per heavy atom. The van der Waals surface area contributed by atoms with E-state index in [-0.39, 0.29) is 27.8 Å². The third-order valence-corrected chi connectivity index (χ3v) is 0. The van der Waals surface area contributed by atoms with Crippen LogP contribution in [0.2, 0.25) is 0 Å². The summed E-state index contributed by atoms with van der Waals surface area (Å²) in [6, 6.07) is 0. The molecule has 68 valence electrons. The lowest BCUT2D eigenvalue weighted by Crippen LogP contribution is -1.18. The van der Waals surface area contributed by atoms with E-state index in [9.17, 15) is 0 Å². The number of hydrogen-bond acceptors (Lipinski definition) is 4. The lowest BCUT2D eigenvalue weighted by atomic mass is 12.0. The van der Waals surface area contributed by atoms with Crippen LogP contribution in [0, 0.1) is 0 Å². The summed E-state index contributed by atoms with van der Waals surface area (Å²) in [5.41, 5.74) is 0. The van der Waals surface area contributed by atoms with Crippen LogP contribution in [-0.4, -0.2) is 22.3 Å². The molecule has 0 spiro atoms. The van der Waals surface area contributed by atoms with Gasteiger partial charge < -0.3 is 5.48 Å². The summed E-state index contributed by atoms with van der Waals surface area (Å²) in [6.07, 6.45) is 0. The third kappa shape index (κ3) is 2070. The van der Waals surface area contributed by atoms with E-state index in [1.807, 2.05) is 0 Å². The maximum absolute atomic E-state index is 8.29. The normalized spacial score (nSPS) is 2.40. The molecule has 2 N–H and O–H groups in total. The topological polar surface area (TPSA) is 99.8 Å². The average Bonchev–Trinajstić information content (AvgIpc) is 1.39. The molecule has 0 aromatic heterocycles. The van der Waals surface area contributed by atoms with Crippen molar-refractivity contribution in [3.63, 3.8) is 0 Å². The van der Waals surface area contributed by atoms with Gasteiger partial charge in [0.15, 0.2) is 0 Å². The number of rotatable bonds is 0. The van der Waals surface area contributed by atoms with E-state index in [2.05, 4.69) is 0 Å². The van der Waals surface area contributed by atoms with Crippen LogP contribution in [0.5, 0.6) is 0 Å². The van der Waals surface area contributed by atoms with E-state index in [1.54, 1.807) is 0 Å². The Kier molecular flexibility index (Phi) is 1060. The molecule has 0 aromatic carbocycles. The summed E-state index contributed by atoms with van der Waals surface area (Å²) in [4.78, 5) is 0. The molecule has 0 rings (SSSR count). The second-order valence-electron chi connectivity index (χ2n) is 0.136. The molecule has 0 heterocycles. The average molecular weight is 194 g/mol. The molecule has 0 aliphatic carbocycles. The highest BCUT2D eigenvalue weighted by atomic mass is 32.1. The maximum atomic E-state index is 8.29. The molecule has 0 radical (unpaired) electrons. The van der Waals surface area contributed by atoms with Crippen molar-refractivity contribution >= 4 is 23.1 Å². The summed E-state index contributed by atoms with van der Waals surface area (Å²) < 4.78 is 33.2. The van der Waals surface area contributed by atoms with E-state index < -0.39 is 23.1 Å². The lowest BCUT2D eigenvalue weighted by molar-refractivity contribution is 0.628. The summed E-state index contributed by atoms with van der Waals surface area (Å²) in [6.45, 7) is 0. The van der Waals surface area contributed by atoms with Crippen LogP contribution < -0.4 is 0 Å². The van der Waals surface area contributed by atoms with Crippen molar-refractivity contribution < 1.29 is 22.3 Å². The molecular weight excluding hydrogens is 180 g/mol. The minimum absolute atomic E-state index is 0. The summed E-state index contributed by atoms with van der Waals surface area (Å²) in [7, 11) is 0. The second-order valence-corrected chi connectivity index (χ2v) is 0.408. The van der Waals surface area contributed by atoms with Gasteiger partial charge in [-0.2, -0.15) is 16.8 Å². The van der Waals surface area contributed by atoms with Gasteiger partial charge >= 0.3 is 23.1 Å². The SMILES string of the molecule is C.C.C.O.O=S=O.O=S=O. The van der Waals surface area contributed by atoms with Crippen LogP contribution in [0.15, 0.2) is 0 Å². The Morgan fingerprint density at radius 1 is 0.600 bits per heavy atom. The van der Waals surface area contributed by atoms with Gasteiger partial charge in [-0.15, -0.1) is 0 Å². The van der Waals surface area contributed by atoms with Crippen molar-refractivity contribution in [2.24, 2.45) is 0 Å². The molecule has 0 amide bonds. The van der Waals surface area contributed by atoms with E-state index in [1.165, 1.54) is 0 Å². The smallest absolute Gasteiger partial charge is 0.335 e. The monoisotopic (exact) mass is 194 g/mol. The van der Waals surface area contributed by atoms with E-state index in [4.69, 9.17) is 16.8 Å². The minimum Gasteiger partial charge on any atom is -0.412 e. The Hall–Kier alpha value is -0.400. The van der Waals surface area contributed by atoms with E-state index in [0.717, 1.165) is 0 Å². The standard InChI is InChI=1S/3CH4.2O2S.H2O/c;;;2*1-3-2;/h3*1H4;;;1H2. The van der Waals surface area contributed by atoms with Crippen molar-refractivity contribution in [3.05, 3.63) is 0 Å². The fourth-order valence-corrected chi connectivity index (χ4v) is 0. The Labute approximate surface area is 68.4 Å². The Bertz CT molecular complexity index is 68.9. The first kappa shape index (κ1) is 54.8. The minimum atomic E-state index is -0.750. The molecule has 0 aromatic rings. The van der Waals surface area contributed by atoms with E-state index >= 15 is 0 Å². The molecule has 5 nitrogen and oxygen atoms in total. The highest BCUT2D eigenvalue weighted by Crippen LogP contribution is 0.849. The van der Waals surface area contributed by atoms with Crippen LogP contribution in [-0.2, 0) is 23.1 Å². The van der Waals surface area contributed by atoms with Gasteiger partial charge in [-0.05, 0) is 0 Å². The predicted octanol–water partition coefficient (Wildman–Crippen LogP) is -0.257. The van der Waals surface area contributed by atoms with Crippen molar-refractivity contribution in [2.45, 2.75) is 22.3 Å². The van der Waals surface area contributed by atoms with Crippen LogP contribution in [0.4, 0.5) is 0 Å². The zero-order valence-corrected chi connectivity index (χ0v) is 4.58. The molecule has 0 atom stereocenters. The quantitative estimate of drug-likeness (QED) is 0.530.